The molecule has 0 bridgehead atoms. The number of carbonyl (C=O) groups is 4. The van der Waals surface area contributed by atoms with E-state index in [0.717, 1.165) is 67.9 Å². The molecule has 2 fully saturated rings. The van der Waals surface area contributed by atoms with Crippen LogP contribution in [-0.2, 0) is 27.3 Å². The second-order valence-electron chi connectivity index (χ2n) is 10.5. The van der Waals surface area contributed by atoms with Crippen LogP contribution < -0.4 is 15.5 Å². The Morgan fingerprint density at radius 3 is 2.38 bits per heavy atom. The van der Waals surface area contributed by atoms with Crippen molar-refractivity contribution >= 4 is 40.9 Å². The predicted molar refractivity (Wildman–Crippen MR) is 150 cm³/mol. The summed E-state index contributed by atoms with van der Waals surface area (Å²) in [4.78, 5) is 55.3. The monoisotopic (exact) mass is 571 g/mol. The van der Waals surface area contributed by atoms with Crippen LogP contribution in [0.3, 0.4) is 0 Å². The van der Waals surface area contributed by atoms with E-state index >= 15 is 0 Å². The van der Waals surface area contributed by atoms with E-state index in [9.17, 15) is 24.3 Å². The third-order valence-corrected chi connectivity index (χ3v) is 8.43. The first-order valence-corrected chi connectivity index (χ1v) is 14.5. The van der Waals surface area contributed by atoms with Gasteiger partial charge in [0.05, 0.1) is 6.20 Å². The number of hydrogen-bond donors (Lipinski definition) is 3. The van der Waals surface area contributed by atoms with Gasteiger partial charge in [-0.05, 0) is 36.9 Å². The van der Waals surface area contributed by atoms with Crippen molar-refractivity contribution in [3.05, 3.63) is 41.6 Å². The fourth-order valence-corrected chi connectivity index (χ4v) is 5.95. The molecule has 12 nitrogen and oxygen atoms in total. The van der Waals surface area contributed by atoms with Gasteiger partial charge in [-0.25, -0.2) is 4.79 Å². The summed E-state index contributed by atoms with van der Waals surface area (Å²) in [6, 6.07) is 5.99. The van der Waals surface area contributed by atoms with Crippen LogP contribution in [-0.4, -0.2) is 94.1 Å². The van der Waals surface area contributed by atoms with Crippen molar-refractivity contribution in [1.82, 2.24) is 30.0 Å². The van der Waals surface area contributed by atoms with Crippen LogP contribution in [0.2, 0.25) is 0 Å². The molecule has 4 amide bonds. The van der Waals surface area contributed by atoms with Crippen LogP contribution in [0.5, 0.6) is 0 Å². The lowest BCUT2D eigenvalue weighted by molar-refractivity contribution is -0.135. The minimum atomic E-state index is -1.20. The number of nitrogens with one attached hydrogen (secondary N) is 2. The zero-order valence-electron chi connectivity index (χ0n) is 22.7. The number of carbonyl (C=O) groups excluding carboxylic acids is 3. The third-order valence-electron chi connectivity index (χ3n) is 7.75. The van der Waals surface area contributed by atoms with Gasteiger partial charge in [0.2, 0.25) is 18.2 Å². The van der Waals surface area contributed by atoms with Crippen LogP contribution in [0.15, 0.2) is 30.5 Å². The second-order valence-corrected chi connectivity index (χ2v) is 11.2. The molecule has 2 aromatic rings. The number of amides is 4. The Bertz CT molecular complexity index is 1130. The average molecular weight is 572 g/mol. The highest BCUT2D eigenvalue weighted by molar-refractivity contribution is 7.10. The quantitative estimate of drug-likeness (QED) is 0.346. The van der Waals surface area contributed by atoms with E-state index in [1.54, 1.807) is 4.90 Å². The Hall–Kier alpha value is -3.58. The summed E-state index contributed by atoms with van der Waals surface area (Å²) in [5.41, 5.74) is 1.70. The van der Waals surface area contributed by atoms with Gasteiger partial charge in [0, 0.05) is 50.7 Å². The first-order valence-electron chi connectivity index (χ1n) is 13.7. The molecule has 1 saturated heterocycles. The first-order chi connectivity index (χ1) is 19.4. The predicted octanol–water partition coefficient (Wildman–Crippen LogP) is 1.72. The first kappa shape index (κ1) is 29.4. The van der Waals surface area contributed by atoms with E-state index in [0.29, 0.717) is 30.9 Å². The van der Waals surface area contributed by atoms with Crippen molar-refractivity contribution in [2.24, 2.45) is 5.92 Å². The lowest BCUT2D eigenvalue weighted by Crippen LogP contribution is -2.55. The molecule has 1 aromatic carbocycles. The van der Waals surface area contributed by atoms with E-state index < -0.39 is 18.2 Å². The number of anilines is 1. The summed E-state index contributed by atoms with van der Waals surface area (Å²) in [6.07, 6.45) is 6.01. The third kappa shape index (κ3) is 7.75. The number of likely N-dealkylation sites (N-methyl/N-ethyl adjacent to an activating group) is 1. The van der Waals surface area contributed by atoms with Crippen molar-refractivity contribution < 1.29 is 24.3 Å². The number of benzene rings is 1. The Morgan fingerprint density at radius 2 is 1.77 bits per heavy atom. The highest BCUT2D eigenvalue weighted by Gasteiger charge is 2.33. The molecule has 0 unspecified atom stereocenters. The molecule has 0 radical (unpaired) electrons. The smallest absolute Gasteiger partial charge is 0.405 e. The average Bonchev–Trinajstić information content (AvgIpc) is 3.50. The molecule has 216 valence electrons. The molecule has 2 heterocycles. The number of carboxylic acid groups (broad SMARTS) is 1. The molecule has 13 heteroatoms. The molecule has 0 spiro atoms. The molecule has 2 aliphatic rings. The Morgan fingerprint density at radius 1 is 1.10 bits per heavy atom. The van der Waals surface area contributed by atoms with Crippen molar-refractivity contribution in [2.45, 2.75) is 57.2 Å². The van der Waals surface area contributed by atoms with E-state index in [1.165, 1.54) is 11.1 Å². The van der Waals surface area contributed by atoms with E-state index in [4.69, 9.17) is 0 Å². The summed E-state index contributed by atoms with van der Waals surface area (Å²) >= 11 is 1.06. The van der Waals surface area contributed by atoms with Gasteiger partial charge in [0.1, 0.15) is 17.1 Å². The van der Waals surface area contributed by atoms with Gasteiger partial charge in [-0.1, -0.05) is 48.0 Å². The number of aromatic nitrogens is 2. The summed E-state index contributed by atoms with van der Waals surface area (Å²) in [5.74, 6) is -0.447. The number of hydrogen-bond acceptors (Lipinski definition) is 8. The zero-order valence-corrected chi connectivity index (χ0v) is 23.5. The van der Waals surface area contributed by atoms with Crippen LogP contribution >= 0.6 is 11.5 Å². The SMILES string of the molecule is CN1CCN(C(=O)[C@@H](Cc2ccc(CNC(=O)[C@@H](NC(=O)O)C3CCCCC3)cc2)N(C=O)c2cnns2)CC1. The highest BCUT2D eigenvalue weighted by Crippen LogP contribution is 2.27. The van der Waals surface area contributed by atoms with Gasteiger partial charge in [-0.15, -0.1) is 5.10 Å². The Labute approximate surface area is 237 Å². The maximum Gasteiger partial charge on any atom is 0.405 e. The maximum absolute atomic E-state index is 13.6. The molecule has 1 saturated carbocycles. The van der Waals surface area contributed by atoms with Crippen LogP contribution in [0.1, 0.15) is 43.2 Å². The lowest BCUT2D eigenvalue weighted by atomic mass is 9.83. The van der Waals surface area contributed by atoms with E-state index in [-0.39, 0.29) is 24.3 Å². The molecule has 1 aliphatic carbocycles. The van der Waals surface area contributed by atoms with Crippen LogP contribution in [0.25, 0.3) is 0 Å². The van der Waals surface area contributed by atoms with Gasteiger partial charge in [-0.2, -0.15) is 0 Å². The highest BCUT2D eigenvalue weighted by atomic mass is 32.1. The van der Waals surface area contributed by atoms with Gasteiger partial charge in [-0.3, -0.25) is 19.3 Å². The summed E-state index contributed by atoms with van der Waals surface area (Å²) in [6.45, 7) is 2.98. The fourth-order valence-electron chi connectivity index (χ4n) is 5.41. The fraction of sp³-hybridized carbons (Fsp3) is 0.556. The van der Waals surface area contributed by atoms with Crippen molar-refractivity contribution in [3.8, 4) is 0 Å². The number of nitrogens with zero attached hydrogens (tertiary/aromatic N) is 5. The van der Waals surface area contributed by atoms with Crippen LogP contribution in [0, 0.1) is 5.92 Å². The molecule has 2 atom stereocenters. The molecule has 40 heavy (non-hydrogen) atoms. The van der Waals surface area contributed by atoms with Gasteiger partial charge < -0.3 is 25.5 Å². The number of rotatable bonds is 11. The standard InChI is InChI=1S/C27H37N7O5S/c1-32-11-13-33(14-12-32)26(37)22(34(18-35)23-17-29-31-40-23)15-19-7-9-20(10-8-19)16-28-25(36)24(30-27(38)39)21-5-3-2-4-6-21/h7-10,17-18,21-22,24,30H,2-6,11-16H2,1H3,(H,28,36)(H,38,39)/t22-,24+/m1/s1. The number of piperazine rings is 1. The van der Waals surface area contributed by atoms with Crippen molar-refractivity contribution in [1.29, 1.82) is 0 Å². The van der Waals surface area contributed by atoms with Crippen LogP contribution in [0.4, 0.5) is 9.80 Å². The second kappa shape index (κ2) is 14.2. The van der Waals surface area contributed by atoms with E-state index in [1.807, 2.05) is 31.3 Å². The Balaban J connectivity index is 1.42. The molecule has 1 aliphatic heterocycles. The van der Waals surface area contributed by atoms with E-state index in [2.05, 4.69) is 25.1 Å². The lowest BCUT2D eigenvalue weighted by Gasteiger charge is -2.36. The van der Waals surface area contributed by atoms with Gasteiger partial charge in [0.15, 0.2) is 0 Å². The molecular formula is C27H37N7O5S. The minimum absolute atomic E-state index is 0.00323. The molecular weight excluding hydrogens is 534 g/mol. The Kier molecular flexibility index (Phi) is 10.4. The minimum Gasteiger partial charge on any atom is -0.465 e. The van der Waals surface area contributed by atoms with Gasteiger partial charge >= 0.3 is 6.09 Å². The largest absolute Gasteiger partial charge is 0.465 e. The summed E-state index contributed by atoms with van der Waals surface area (Å²) in [7, 11) is 2.02. The zero-order chi connectivity index (χ0) is 28.5. The normalized spacial score (nSPS) is 18.0. The van der Waals surface area contributed by atoms with Crippen molar-refractivity contribution in [2.75, 3.05) is 38.1 Å². The summed E-state index contributed by atoms with van der Waals surface area (Å²) in [5, 5.41) is 18.9. The van der Waals surface area contributed by atoms with Crippen molar-refractivity contribution in [3.63, 3.8) is 0 Å². The molecule has 4 rings (SSSR count). The topological polar surface area (TPSA) is 148 Å². The molecule has 3 N–H and O–H groups in total. The molecule has 1 aromatic heterocycles. The maximum atomic E-state index is 13.6. The summed E-state index contributed by atoms with van der Waals surface area (Å²) < 4.78 is 3.85. The van der Waals surface area contributed by atoms with Gasteiger partial charge in [0.25, 0.3) is 0 Å².